The third-order valence-corrected chi connectivity index (χ3v) is 1.13. The molecule has 1 rings (SSSR count). The highest BCUT2D eigenvalue weighted by Crippen LogP contribution is 2.07. The van der Waals surface area contributed by atoms with E-state index in [1.165, 1.54) is 6.20 Å². The summed E-state index contributed by atoms with van der Waals surface area (Å²) >= 11 is 0. The Hall–Kier alpha value is -1.54. The molecule has 0 atom stereocenters. The highest BCUT2D eigenvalue weighted by Gasteiger charge is 2.03. The predicted octanol–water partition coefficient (Wildman–Crippen LogP) is -0.713. The molecule has 0 amide bonds. The normalized spacial score (nSPS) is 9.20. The van der Waals surface area contributed by atoms with Gasteiger partial charge in [0, 0.05) is 0 Å². The number of aromatic nitrogens is 2. The molecule has 0 radical (unpaired) electrons. The van der Waals surface area contributed by atoms with Gasteiger partial charge < -0.3 is 10.8 Å². The summed E-state index contributed by atoms with van der Waals surface area (Å²) in [5.74, 6) is 0.199. The Labute approximate surface area is 57.3 Å². The van der Waals surface area contributed by atoms with Gasteiger partial charge in [0.1, 0.15) is 24.2 Å². The number of nitrogens with two attached hydrogens (primary N) is 1. The van der Waals surface area contributed by atoms with Crippen molar-refractivity contribution in [1.82, 2.24) is 9.78 Å². The Morgan fingerprint density at radius 1 is 1.90 bits per heavy atom. The first-order valence-electron chi connectivity index (χ1n) is 2.62. The van der Waals surface area contributed by atoms with Gasteiger partial charge in [-0.15, -0.1) is 0 Å². The quantitative estimate of drug-likeness (QED) is 0.536. The number of aliphatic hydroxyl groups excluding tert-OH is 1. The van der Waals surface area contributed by atoms with Gasteiger partial charge in [-0.1, -0.05) is 0 Å². The van der Waals surface area contributed by atoms with Crippen LogP contribution in [0.15, 0.2) is 6.20 Å². The average Bonchev–Trinajstić information content (AvgIpc) is 2.30. The Bertz CT molecular complexity index is 272. The van der Waals surface area contributed by atoms with Crippen LogP contribution in [0.5, 0.6) is 0 Å². The number of nitrogens with zero attached hydrogens (tertiary/aromatic N) is 3. The standard InChI is InChI=1S/C5H6N4O/c6-1-4-2-8-9(3-10)5(4)7/h2,10H,3,7H2. The fourth-order valence-corrected chi connectivity index (χ4v) is 0.594. The summed E-state index contributed by atoms with van der Waals surface area (Å²) in [5, 5.41) is 20.5. The van der Waals surface area contributed by atoms with Gasteiger partial charge in [-0.25, -0.2) is 4.68 Å². The molecule has 0 unspecified atom stereocenters. The zero-order chi connectivity index (χ0) is 7.56. The van der Waals surface area contributed by atoms with E-state index in [1.807, 2.05) is 6.07 Å². The van der Waals surface area contributed by atoms with Gasteiger partial charge >= 0.3 is 0 Å². The molecule has 0 aromatic carbocycles. The number of nitriles is 1. The first kappa shape index (κ1) is 6.58. The van der Waals surface area contributed by atoms with Crippen LogP contribution in [0.4, 0.5) is 5.82 Å². The van der Waals surface area contributed by atoms with E-state index in [4.69, 9.17) is 16.1 Å². The fraction of sp³-hybridized carbons (Fsp3) is 0.200. The van der Waals surface area contributed by atoms with Gasteiger partial charge in [0.15, 0.2) is 0 Å². The van der Waals surface area contributed by atoms with Crippen molar-refractivity contribution in [3.05, 3.63) is 11.8 Å². The van der Waals surface area contributed by atoms with E-state index in [0.29, 0.717) is 0 Å². The fourth-order valence-electron chi connectivity index (χ4n) is 0.594. The Balaban J connectivity index is 3.12. The summed E-state index contributed by atoms with van der Waals surface area (Å²) in [6.07, 6.45) is 1.31. The third kappa shape index (κ3) is 0.806. The van der Waals surface area contributed by atoms with Gasteiger partial charge in [0.25, 0.3) is 0 Å². The molecule has 5 heteroatoms. The summed E-state index contributed by atoms with van der Waals surface area (Å²) in [6.45, 7) is -0.298. The van der Waals surface area contributed by atoms with Crippen molar-refractivity contribution in [3.8, 4) is 6.07 Å². The minimum atomic E-state index is -0.298. The van der Waals surface area contributed by atoms with E-state index in [1.54, 1.807) is 0 Å². The molecule has 0 aliphatic rings. The summed E-state index contributed by atoms with van der Waals surface area (Å²) < 4.78 is 1.14. The third-order valence-electron chi connectivity index (χ3n) is 1.13. The Morgan fingerprint density at radius 3 is 2.90 bits per heavy atom. The van der Waals surface area contributed by atoms with Crippen molar-refractivity contribution >= 4 is 5.82 Å². The van der Waals surface area contributed by atoms with Crippen molar-refractivity contribution < 1.29 is 5.11 Å². The maximum atomic E-state index is 8.54. The lowest BCUT2D eigenvalue weighted by Gasteiger charge is -1.95. The maximum absolute atomic E-state index is 8.54. The predicted molar refractivity (Wildman–Crippen MR) is 33.6 cm³/mol. The van der Waals surface area contributed by atoms with Gasteiger partial charge in [0.05, 0.1) is 6.20 Å². The zero-order valence-electron chi connectivity index (χ0n) is 5.15. The molecule has 1 aromatic heterocycles. The molecule has 0 saturated carbocycles. The van der Waals surface area contributed by atoms with Crippen LogP contribution in [0, 0.1) is 11.3 Å². The number of hydrogen-bond donors (Lipinski definition) is 2. The largest absolute Gasteiger partial charge is 0.383 e. The summed E-state index contributed by atoms with van der Waals surface area (Å²) in [5.41, 5.74) is 5.63. The maximum Gasteiger partial charge on any atom is 0.142 e. The average molecular weight is 138 g/mol. The summed E-state index contributed by atoms with van der Waals surface area (Å²) in [6, 6.07) is 1.83. The second-order valence-electron chi connectivity index (χ2n) is 1.70. The number of aliphatic hydroxyl groups is 1. The molecule has 52 valence electrons. The molecule has 1 heterocycles. The molecular formula is C5H6N4O. The molecule has 0 fully saturated rings. The van der Waals surface area contributed by atoms with Crippen LogP contribution in [0.1, 0.15) is 5.56 Å². The molecule has 0 saturated heterocycles. The van der Waals surface area contributed by atoms with Crippen LogP contribution >= 0.6 is 0 Å². The monoisotopic (exact) mass is 138 g/mol. The smallest absolute Gasteiger partial charge is 0.142 e. The van der Waals surface area contributed by atoms with Crippen LogP contribution in [0.25, 0.3) is 0 Å². The zero-order valence-corrected chi connectivity index (χ0v) is 5.15. The minimum Gasteiger partial charge on any atom is -0.383 e. The lowest BCUT2D eigenvalue weighted by atomic mass is 10.4. The molecule has 0 spiro atoms. The van der Waals surface area contributed by atoms with Crippen LogP contribution < -0.4 is 5.73 Å². The van der Waals surface area contributed by atoms with Crippen molar-refractivity contribution in [3.63, 3.8) is 0 Å². The van der Waals surface area contributed by atoms with Gasteiger partial charge in [-0.3, -0.25) is 0 Å². The van der Waals surface area contributed by atoms with Crippen molar-refractivity contribution in [1.29, 1.82) is 5.26 Å². The van der Waals surface area contributed by atoms with Crippen molar-refractivity contribution in [2.24, 2.45) is 0 Å². The number of rotatable bonds is 1. The van der Waals surface area contributed by atoms with E-state index in [-0.39, 0.29) is 18.1 Å². The van der Waals surface area contributed by atoms with E-state index in [9.17, 15) is 0 Å². The van der Waals surface area contributed by atoms with Crippen molar-refractivity contribution in [2.75, 3.05) is 5.73 Å². The molecular weight excluding hydrogens is 132 g/mol. The topological polar surface area (TPSA) is 87.9 Å². The van der Waals surface area contributed by atoms with Crippen LogP contribution in [-0.2, 0) is 6.73 Å². The Kier molecular flexibility index (Phi) is 1.56. The Morgan fingerprint density at radius 2 is 2.60 bits per heavy atom. The molecule has 1 aromatic rings. The van der Waals surface area contributed by atoms with Crippen molar-refractivity contribution in [2.45, 2.75) is 6.73 Å². The molecule has 3 N–H and O–H groups in total. The van der Waals surface area contributed by atoms with E-state index < -0.39 is 0 Å². The highest BCUT2D eigenvalue weighted by molar-refractivity contribution is 5.47. The van der Waals surface area contributed by atoms with Gasteiger partial charge in [0.2, 0.25) is 0 Å². The summed E-state index contributed by atoms with van der Waals surface area (Å²) in [4.78, 5) is 0. The molecule has 5 nitrogen and oxygen atoms in total. The van der Waals surface area contributed by atoms with Crippen LogP contribution in [-0.4, -0.2) is 14.9 Å². The van der Waals surface area contributed by atoms with E-state index in [2.05, 4.69) is 5.10 Å². The molecule has 10 heavy (non-hydrogen) atoms. The summed E-state index contributed by atoms with van der Waals surface area (Å²) in [7, 11) is 0. The van der Waals surface area contributed by atoms with Gasteiger partial charge in [-0.2, -0.15) is 10.4 Å². The van der Waals surface area contributed by atoms with Gasteiger partial charge in [-0.05, 0) is 0 Å². The second kappa shape index (κ2) is 2.37. The molecule has 0 aliphatic carbocycles. The van der Waals surface area contributed by atoms with Crippen LogP contribution in [0.2, 0.25) is 0 Å². The highest BCUT2D eigenvalue weighted by atomic mass is 16.3. The number of hydrogen-bond acceptors (Lipinski definition) is 4. The molecule has 0 aliphatic heterocycles. The number of anilines is 1. The molecule has 0 bridgehead atoms. The SMILES string of the molecule is N#Cc1cnn(CO)c1N. The first-order chi connectivity index (χ1) is 4.79. The van der Waals surface area contributed by atoms with E-state index >= 15 is 0 Å². The second-order valence-corrected chi connectivity index (χ2v) is 1.70. The van der Waals surface area contributed by atoms with E-state index in [0.717, 1.165) is 4.68 Å². The first-order valence-corrected chi connectivity index (χ1v) is 2.62. The minimum absolute atomic E-state index is 0.199. The lowest BCUT2D eigenvalue weighted by molar-refractivity contribution is 0.198. The lowest BCUT2D eigenvalue weighted by Crippen LogP contribution is -2.03. The van der Waals surface area contributed by atoms with Crippen LogP contribution in [0.3, 0.4) is 0 Å². The number of nitrogen functional groups attached to an aromatic ring is 1.